The average molecular weight is 186 g/mol. The Morgan fingerprint density at radius 3 is 2.77 bits per heavy atom. The molecule has 63 valence electrons. The van der Waals surface area contributed by atoms with Crippen LogP contribution in [-0.4, -0.2) is 4.98 Å². The molecule has 0 aliphatic heterocycles. The van der Waals surface area contributed by atoms with Gasteiger partial charge in [-0.3, -0.25) is 0 Å². The molecule has 2 heteroatoms. The standard InChI is InChI=1S/C11H8NS/c1-2-4-10(5-3-1)6-7-11-8-13-9-12-11/h2-9H/b7-6-. The fourth-order valence-electron chi connectivity index (χ4n) is 0.997. The van der Waals surface area contributed by atoms with E-state index >= 15 is 0 Å². The molecule has 0 atom stereocenters. The Hall–Kier alpha value is -1.41. The number of hydrogen-bond acceptors (Lipinski definition) is 2. The molecule has 1 nitrogen and oxygen atoms in total. The predicted molar refractivity (Wildman–Crippen MR) is 56.3 cm³/mol. The second kappa shape index (κ2) is 4.01. The highest BCUT2D eigenvalue weighted by Gasteiger charge is 1.87. The number of nitrogens with zero attached hydrogens (tertiary/aromatic N) is 1. The lowest BCUT2D eigenvalue weighted by atomic mass is 10.2. The van der Waals surface area contributed by atoms with Crippen LogP contribution in [0.1, 0.15) is 11.3 Å². The molecule has 0 aliphatic carbocycles. The van der Waals surface area contributed by atoms with Crippen LogP contribution >= 0.6 is 11.3 Å². The minimum Gasteiger partial charge on any atom is -0.245 e. The van der Waals surface area contributed by atoms with Crippen LogP contribution in [0.4, 0.5) is 0 Å². The number of benzene rings is 1. The topological polar surface area (TPSA) is 12.9 Å². The van der Waals surface area contributed by atoms with Crippen LogP contribution in [0.3, 0.4) is 0 Å². The maximum absolute atomic E-state index is 4.16. The van der Waals surface area contributed by atoms with Gasteiger partial charge in [-0.2, -0.15) is 0 Å². The Morgan fingerprint density at radius 2 is 2.08 bits per heavy atom. The molecule has 0 bridgehead atoms. The highest BCUT2D eigenvalue weighted by Crippen LogP contribution is 2.07. The van der Waals surface area contributed by atoms with E-state index in [0.717, 1.165) is 5.69 Å². The van der Waals surface area contributed by atoms with Gasteiger partial charge in [-0.25, -0.2) is 4.98 Å². The first-order chi connectivity index (χ1) is 6.45. The van der Waals surface area contributed by atoms with Gasteiger partial charge < -0.3 is 0 Å². The first-order valence-corrected chi connectivity index (χ1v) is 4.92. The van der Waals surface area contributed by atoms with Crippen LogP contribution in [0.5, 0.6) is 0 Å². The molecule has 1 aromatic heterocycles. The van der Waals surface area contributed by atoms with E-state index < -0.39 is 0 Å². The molecule has 0 unspecified atom stereocenters. The van der Waals surface area contributed by atoms with E-state index in [1.54, 1.807) is 11.3 Å². The lowest BCUT2D eigenvalue weighted by molar-refractivity contribution is 1.39. The molecule has 1 heterocycles. The lowest BCUT2D eigenvalue weighted by Crippen LogP contribution is -1.70. The third-order valence-electron chi connectivity index (χ3n) is 1.64. The van der Waals surface area contributed by atoms with Crippen molar-refractivity contribution in [3.63, 3.8) is 0 Å². The molecule has 0 N–H and O–H groups in total. The van der Waals surface area contributed by atoms with Crippen LogP contribution < -0.4 is 0 Å². The van der Waals surface area contributed by atoms with Gasteiger partial charge in [0.15, 0.2) is 0 Å². The molecule has 1 aromatic carbocycles. The summed E-state index contributed by atoms with van der Waals surface area (Å²) in [4.78, 5) is 4.16. The normalized spacial score (nSPS) is 10.8. The number of thiazole rings is 1. The van der Waals surface area contributed by atoms with Crippen LogP contribution in [0.25, 0.3) is 12.2 Å². The van der Waals surface area contributed by atoms with Gasteiger partial charge >= 0.3 is 0 Å². The van der Waals surface area contributed by atoms with Gasteiger partial charge in [-0.1, -0.05) is 30.3 Å². The van der Waals surface area contributed by atoms with Crippen molar-refractivity contribution < 1.29 is 0 Å². The monoisotopic (exact) mass is 186 g/mol. The van der Waals surface area contributed by atoms with Crippen molar-refractivity contribution >= 4 is 23.5 Å². The van der Waals surface area contributed by atoms with Gasteiger partial charge in [0, 0.05) is 5.38 Å². The van der Waals surface area contributed by atoms with Gasteiger partial charge in [0.1, 0.15) is 0 Å². The van der Waals surface area contributed by atoms with Crippen molar-refractivity contribution in [1.82, 2.24) is 4.98 Å². The van der Waals surface area contributed by atoms with Gasteiger partial charge in [-0.05, 0) is 17.7 Å². The summed E-state index contributed by atoms with van der Waals surface area (Å²) in [6, 6.07) is 10.8. The summed E-state index contributed by atoms with van der Waals surface area (Å²) in [7, 11) is 0. The van der Waals surface area contributed by atoms with Crippen LogP contribution in [0.2, 0.25) is 0 Å². The minimum atomic E-state index is 1.01. The Bertz CT molecular complexity index is 376. The summed E-state index contributed by atoms with van der Waals surface area (Å²) in [6.07, 6.45) is 4.05. The molecule has 2 aromatic rings. The van der Waals surface area contributed by atoms with Crippen LogP contribution in [0.15, 0.2) is 35.2 Å². The van der Waals surface area contributed by atoms with Crippen molar-refractivity contribution in [3.05, 3.63) is 52.5 Å². The summed E-state index contributed by atoms with van der Waals surface area (Å²) in [5.41, 5.74) is 4.02. The Labute approximate surface area is 81.4 Å². The van der Waals surface area contributed by atoms with E-state index in [9.17, 15) is 0 Å². The Morgan fingerprint density at radius 1 is 1.23 bits per heavy atom. The van der Waals surface area contributed by atoms with E-state index in [1.807, 2.05) is 47.3 Å². The summed E-state index contributed by atoms with van der Waals surface area (Å²) in [5.74, 6) is 0. The van der Waals surface area contributed by atoms with E-state index in [4.69, 9.17) is 0 Å². The average Bonchev–Trinajstić information content (AvgIpc) is 2.69. The molecule has 0 saturated heterocycles. The maximum atomic E-state index is 4.16. The van der Waals surface area contributed by atoms with Crippen LogP contribution in [-0.2, 0) is 0 Å². The molecule has 1 radical (unpaired) electrons. The van der Waals surface area contributed by atoms with Crippen molar-refractivity contribution in [2.24, 2.45) is 0 Å². The van der Waals surface area contributed by atoms with Crippen molar-refractivity contribution in [2.45, 2.75) is 0 Å². The largest absolute Gasteiger partial charge is 0.245 e. The second-order valence-corrected chi connectivity index (χ2v) is 3.30. The first kappa shape index (κ1) is 8.20. The highest BCUT2D eigenvalue weighted by atomic mass is 32.1. The first-order valence-electron chi connectivity index (χ1n) is 3.97. The number of aromatic nitrogens is 1. The van der Waals surface area contributed by atoms with Gasteiger partial charge in [0.2, 0.25) is 0 Å². The second-order valence-electron chi connectivity index (χ2n) is 2.58. The van der Waals surface area contributed by atoms with E-state index in [1.165, 1.54) is 5.56 Å². The quantitative estimate of drug-likeness (QED) is 0.702. The minimum absolute atomic E-state index is 1.01. The van der Waals surface area contributed by atoms with Crippen molar-refractivity contribution in [3.8, 4) is 0 Å². The zero-order chi connectivity index (χ0) is 8.93. The summed E-state index contributed by atoms with van der Waals surface area (Å²) < 4.78 is 0. The molecule has 0 amide bonds. The van der Waals surface area contributed by atoms with Gasteiger partial charge in [0.25, 0.3) is 0 Å². The summed E-state index contributed by atoms with van der Waals surface area (Å²) >= 11 is 1.61. The lowest BCUT2D eigenvalue weighted by Gasteiger charge is -1.88. The smallest absolute Gasteiger partial charge is 0.0798 e. The molecular formula is C11H8NS. The Kier molecular flexibility index (Phi) is 2.53. The molecule has 0 aliphatic rings. The summed E-state index contributed by atoms with van der Waals surface area (Å²) in [5, 5.41) is 2.02. The molecule has 0 fully saturated rings. The van der Waals surface area contributed by atoms with E-state index in [2.05, 4.69) is 11.1 Å². The molecular weight excluding hydrogens is 178 g/mol. The number of hydrogen-bond donors (Lipinski definition) is 0. The van der Waals surface area contributed by atoms with Gasteiger partial charge in [-0.15, -0.1) is 11.3 Å². The fourth-order valence-corrected chi connectivity index (χ4v) is 1.52. The van der Waals surface area contributed by atoms with Crippen molar-refractivity contribution in [2.75, 3.05) is 0 Å². The molecule has 0 saturated carbocycles. The predicted octanol–water partition coefficient (Wildman–Crippen LogP) is 3.11. The third kappa shape index (κ3) is 2.26. The number of rotatable bonds is 2. The third-order valence-corrected chi connectivity index (χ3v) is 2.25. The molecule has 2 rings (SSSR count). The zero-order valence-corrected chi connectivity index (χ0v) is 7.79. The van der Waals surface area contributed by atoms with E-state index in [0.29, 0.717) is 0 Å². The fraction of sp³-hybridized carbons (Fsp3) is 0. The molecule has 13 heavy (non-hydrogen) atoms. The molecule has 0 spiro atoms. The SMILES string of the molecule is [c]1ccc(/C=C\c2cscn2)cc1. The Balaban J connectivity index is 2.15. The van der Waals surface area contributed by atoms with E-state index in [-0.39, 0.29) is 0 Å². The maximum Gasteiger partial charge on any atom is 0.0798 e. The highest BCUT2D eigenvalue weighted by molar-refractivity contribution is 7.07. The van der Waals surface area contributed by atoms with Crippen molar-refractivity contribution in [1.29, 1.82) is 0 Å². The van der Waals surface area contributed by atoms with Gasteiger partial charge in [0.05, 0.1) is 11.2 Å². The zero-order valence-electron chi connectivity index (χ0n) is 6.97. The van der Waals surface area contributed by atoms with Crippen LogP contribution in [0, 0.1) is 6.07 Å². The summed E-state index contributed by atoms with van der Waals surface area (Å²) in [6.45, 7) is 0.